The molecule has 44 heavy (non-hydrogen) atoms. The second kappa shape index (κ2) is 13.4. The minimum absolute atomic E-state index is 0.0307. The lowest BCUT2D eigenvalue weighted by atomic mass is 9.84. The fourth-order valence-electron chi connectivity index (χ4n) is 6.09. The van der Waals surface area contributed by atoms with Crippen LogP contribution < -0.4 is 4.74 Å². The summed E-state index contributed by atoms with van der Waals surface area (Å²) in [6, 6.07) is 21.5. The minimum Gasteiger partial charge on any atom is -0.496 e. The summed E-state index contributed by atoms with van der Waals surface area (Å²) in [5.74, 6) is 0.841. The Bertz CT molecular complexity index is 1640. The molecule has 1 aliphatic carbocycles. The van der Waals surface area contributed by atoms with Crippen molar-refractivity contribution >= 4 is 56.6 Å². The number of benzene rings is 3. The first kappa shape index (κ1) is 32.1. The zero-order chi connectivity index (χ0) is 31.6. The van der Waals surface area contributed by atoms with Gasteiger partial charge in [-0.25, -0.2) is 4.79 Å². The number of hydrogen-bond acceptors (Lipinski definition) is 4. The molecule has 1 saturated carbocycles. The van der Waals surface area contributed by atoms with Gasteiger partial charge in [-0.2, -0.15) is 0 Å². The van der Waals surface area contributed by atoms with Crippen molar-refractivity contribution in [3.05, 3.63) is 87.2 Å². The highest BCUT2D eigenvalue weighted by Crippen LogP contribution is 2.39. The van der Waals surface area contributed by atoms with Gasteiger partial charge in [-0.3, -0.25) is 4.79 Å². The molecule has 1 aromatic heterocycles. The Morgan fingerprint density at radius 2 is 1.61 bits per heavy atom. The van der Waals surface area contributed by atoms with Crippen LogP contribution in [0.1, 0.15) is 61.7 Å². The average Bonchev–Trinajstić information content (AvgIpc) is 3.34. The second-order valence-corrected chi connectivity index (χ2v) is 14.3. The van der Waals surface area contributed by atoms with E-state index in [1.807, 2.05) is 86.3 Å². The molecule has 2 amide bonds. The van der Waals surface area contributed by atoms with Gasteiger partial charge in [-0.15, -0.1) is 11.3 Å². The maximum atomic E-state index is 14.4. The lowest BCUT2D eigenvalue weighted by Gasteiger charge is -2.40. The summed E-state index contributed by atoms with van der Waals surface area (Å²) >= 11 is 14.4. The lowest BCUT2D eigenvalue weighted by Crippen LogP contribution is -2.48. The van der Waals surface area contributed by atoms with E-state index in [0.717, 1.165) is 52.5 Å². The zero-order valence-corrected chi connectivity index (χ0v) is 27.8. The summed E-state index contributed by atoms with van der Waals surface area (Å²) in [4.78, 5) is 30.4. The van der Waals surface area contributed by atoms with E-state index in [9.17, 15) is 14.7 Å². The van der Waals surface area contributed by atoms with Crippen LogP contribution in [0.4, 0.5) is 4.79 Å². The van der Waals surface area contributed by atoms with Gasteiger partial charge >= 0.3 is 6.09 Å². The smallest absolute Gasteiger partial charge is 0.407 e. The predicted molar refractivity (Wildman–Crippen MR) is 180 cm³/mol. The molecule has 5 rings (SSSR count). The zero-order valence-electron chi connectivity index (χ0n) is 25.5. The van der Waals surface area contributed by atoms with Gasteiger partial charge in [0, 0.05) is 45.3 Å². The fraction of sp³-hybridized carbons (Fsp3) is 0.371. The van der Waals surface area contributed by atoms with Gasteiger partial charge in [0.25, 0.3) is 5.91 Å². The Morgan fingerprint density at radius 1 is 0.955 bits per heavy atom. The Labute approximate surface area is 273 Å². The third-order valence-corrected chi connectivity index (χ3v) is 10.4. The number of amides is 2. The molecule has 1 fully saturated rings. The lowest BCUT2D eigenvalue weighted by molar-refractivity contribution is 0.0535. The van der Waals surface area contributed by atoms with Crippen molar-refractivity contribution in [1.82, 2.24) is 9.80 Å². The van der Waals surface area contributed by atoms with Crippen molar-refractivity contribution in [1.29, 1.82) is 0 Å². The third-order valence-electron chi connectivity index (χ3n) is 8.53. The summed E-state index contributed by atoms with van der Waals surface area (Å²) < 4.78 is 6.75. The molecule has 0 saturated heterocycles. The molecule has 232 valence electrons. The highest BCUT2D eigenvalue weighted by atomic mass is 35.5. The molecule has 0 aliphatic heterocycles. The number of halogens is 2. The Hall–Kier alpha value is -3.26. The van der Waals surface area contributed by atoms with E-state index in [-0.39, 0.29) is 17.9 Å². The number of thiophene rings is 1. The van der Waals surface area contributed by atoms with Gasteiger partial charge in [-0.1, -0.05) is 59.6 Å². The van der Waals surface area contributed by atoms with Gasteiger partial charge in [0.15, 0.2) is 0 Å². The summed E-state index contributed by atoms with van der Waals surface area (Å²) in [5, 5.41) is 11.9. The quantitative estimate of drug-likeness (QED) is 0.206. The number of ether oxygens (including phenoxy) is 1. The standard InChI is InChI=1S/C35H38Cl2N2O4S/c1-35(2,3)39(34(41)42)20-22-9-16-27(17-10-22)38(33(40)32-31(37)28-7-5-6-8-30(28)44-32)21-25-19-24(13-18-29(25)43-4)23-11-14-26(36)15-12-23/h5-8,11-15,18-19,22,27H,9-10,16-17,20-21H2,1-4H3,(H,41,42). The largest absolute Gasteiger partial charge is 0.496 e. The molecule has 0 unspecified atom stereocenters. The Kier molecular flexibility index (Phi) is 9.78. The molecule has 9 heteroatoms. The number of hydrogen-bond donors (Lipinski definition) is 1. The molecule has 1 N–H and O–H groups in total. The van der Waals surface area contributed by atoms with Crippen molar-refractivity contribution in [3.8, 4) is 16.9 Å². The highest BCUT2D eigenvalue weighted by molar-refractivity contribution is 7.21. The first-order chi connectivity index (χ1) is 21.0. The van der Waals surface area contributed by atoms with Gasteiger partial charge in [-0.05, 0) is 93.8 Å². The molecule has 1 aliphatic rings. The summed E-state index contributed by atoms with van der Waals surface area (Å²) in [6.45, 7) is 6.61. The van der Waals surface area contributed by atoms with E-state index in [0.29, 0.717) is 33.8 Å². The summed E-state index contributed by atoms with van der Waals surface area (Å²) in [5.41, 5.74) is 2.45. The van der Waals surface area contributed by atoms with Gasteiger partial charge in [0.1, 0.15) is 10.6 Å². The number of fused-ring (bicyclic) bond motifs is 1. The van der Waals surface area contributed by atoms with Gasteiger partial charge in [0.05, 0.1) is 12.1 Å². The summed E-state index contributed by atoms with van der Waals surface area (Å²) in [7, 11) is 1.64. The number of carbonyl (C=O) groups excluding carboxylic acids is 1. The number of carboxylic acid groups (broad SMARTS) is 1. The van der Waals surface area contributed by atoms with E-state index in [4.69, 9.17) is 27.9 Å². The highest BCUT2D eigenvalue weighted by Gasteiger charge is 2.35. The molecule has 0 bridgehead atoms. The topological polar surface area (TPSA) is 70.1 Å². The molecule has 0 atom stereocenters. The van der Waals surface area contributed by atoms with Crippen molar-refractivity contribution < 1.29 is 19.4 Å². The SMILES string of the molecule is COc1ccc(-c2ccc(Cl)cc2)cc1CN(C(=O)c1sc2ccccc2c1Cl)C1CCC(CN(C(=O)O)C(C)(C)C)CC1. The third kappa shape index (κ3) is 7.01. The molecule has 4 aromatic rings. The first-order valence-electron chi connectivity index (χ1n) is 14.9. The van der Waals surface area contributed by atoms with E-state index >= 15 is 0 Å². The van der Waals surface area contributed by atoms with Crippen LogP contribution in [-0.2, 0) is 6.54 Å². The molecule has 3 aromatic carbocycles. The van der Waals surface area contributed by atoms with Crippen molar-refractivity contribution in [2.75, 3.05) is 13.7 Å². The van der Waals surface area contributed by atoms with Gasteiger partial charge in [0.2, 0.25) is 0 Å². The van der Waals surface area contributed by atoms with E-state index in [2.05, 4.69) is 6.07 Å². The Morgan fingerprint density at radius 3 is 2.23 bits per heavy atom. The number of nitrogens with zero attached hydrogens (tertiary/aromatic N) is 2. The van der Waals surface area contributed by atoms with Crippen LogP contribution in [0, 0.1) is 5.92 Å². The van der Waals surface area contributed by atoms with Crippen LogP contribution in [0.2, 0.25) is 10.0 Å². The minimum atomic E-state index is -0.900. The fourth-order valence-corrected chi connectivity index (χ4v) is 7.69. The first-order valence-corrected chi connectivity index (χ1v) is 16.4. The number of methoxy groups -OCH3 is 1. The number of rotatable bonds is 8. The van der Waals surface area contributed by atoms with Gasteiger partial charge < -0.3 is 19.6 Å². The van der Waals surface area contributed by atoms with Crippen LogP contribution >= 0.6 is 34.5 Å². The second-order valence-electron chi connectivity index (χ2n) is 12.4. The van der Waals surface area contributed by atoms with Crippen LogP contribution in [0.5, 0.6) is 5.75 Å². The monoisotopic (exact) mass is 652 g/mol. The average molecular weight is 654 g/mol. The summed E-state index contributed by atoms with van der Waals surface area (Å²) in [6.07, 6.45) is 2.31. The Balaban J connectivity index is 1.46. The van der Waals surface area contributed by atoms with E-state index in [1.165, 1.54) is 16.2 Å². The maximum absolute atomic E-state index is 14.4. The van der Waals surface area contributed by atoms with Crippen molar-refractivity contribution in [2.24, 2.45) is 5.92 Å². The van der Waals surface area contributed by atoms with E-state index < -0.39 is 11.6 Å². The molecular formula is C35H38Cl2N2O4S. The molecule has 0 spiro atoms. The maximum Gasteiger partial charge on any atom is 0.407 e. The molecule has 6 nitrogen and oxygen atoms in total. The van der Waals surface area contributed by atoms with Crippen molar-refractivity contribution in [2.45, 2.75) is 64.6 Å². The van der Waals surface area contributed by atoms with Crippen LogP contribution in [0.15, 0.2) is 66.7 Å². The van der Waals surface area contributed by atoms with Crippen LogP contribution in [-0.4, -0.2) is 52.1 Å². The predicted octanol–water partition coefficient (Wildman–Crippen LogP) is 9.86. The normalized spacial score (nSPS) is 17.0. The molecule has 1 heterocycles. The van der Waals surface area contributed by atoms with Crippen molar-refractivity contribution in [3.63, 3.8) is 0 Å². The number of carbonyl (C=O) groups is 2. The molecule has 0 radical (unpaired) electrons. The van der Waals surface area contributed by atoms with Crippen LogP contribution in [0.25, 0.3) is 21.2 Å². The molecular weight excluding hydrogens is 615 g/mol. The van der Waals surface area contributed by atoms with E-state index in [1.54, 1.807) is 7.11 Å². The van der Waals surface area contributed by atoms with Crippen LogP contribution in [0.3, 0.4) is 0 Å².